The Hall–Kier alpha value is -0.910. The van der Waals surface area contributed by atoms with E-state index in [1.165, 1.54) is 0 Å². The van der Waals surface area contributed by atoms with Gasteiger partial charge in [-0.15, -0.1) is 0 Å². The van der Waals surface area contributed by atoms with Gasteiger partial charge in [0.15, 0.2) is 0 Å². The number of carbonyl (C=O) groups is 1. The third-order valence-corrected chi connectivity index (χ3v) is 1.40. The SMILES string of the molecule is CC(C)(C)OC(=O)N[C@@H](CO)CC(F)F. The number of amides is 1. The standard InChI is InChI=1S/C9H17F2NO3/c1-9(2,3)15-8(14)12-6(5-13)4-7(10)11/h6-7,13H,4-5H2,1-3H3,(H,12,14)/t6-/m1/s1. The Balaban J connectivity index is 4.02. The molecule has 1 atom stereocenters. The summed E-state index contributed by atoms with van der Waals surface area (Å²) in [5.74, 6) is 0. The van der Waals surface area contributed by atoms with Gasteiger partial charge in [-0.1, -0.05) is 0 Å². The molecule has 0 fully saturated rings. The number of alkyl halides is 2. The van der Waals surface area contributed by atoms with Crippen molar-refractivity contribution in [3.05, 3.63) is 0 Å². The van der Waals surface area contributed by atoms with Crippen LogP contribution in [0.15, 0.2) is 0 Å². The van der Waals surface area contributed by atoms with Crippen LogP contribution in [0.25, 0.3) is 0 Å². The van der Waals surface area contributed by atoms with Crippen LogP contribution < -0.4 is 5.32 Å². The summed E-state index contributed by atoms with van der Waals surface area (Å²) < 4.78 is 28.8. The van der Waals surface area contributed by atoms with E-state index in [0.717, 1.165) is 0 Å². The third-order valence-electron chi connectivity index (χ3n) is 1.40. The molecule has 2 N–H and O–H groups in total. The molecular weight excluding hydrogens is 208 g/mol. The maximum absolute atomic E-state index is 12.0. The molecule has 15 heavy (non-hydrogen) atoms. The van der Waals surface area contributed by atoms with Gasteiger partial charge in [0.1, 0.15) is 5.60 Å². The number of hydrogen-bond acceptors (Lipinski definition) is 3. The largest absolute Gasteiger partial charge is 0.444 e. The number of aliphatic hydroxyl groups excluding tert-OH is 1. The number of ether oxygens (including phenoxy) is 1. The fourth-order valence-corrected chi connectivity index (χ4v) is 0.868. The Bertz CT molecular complexity index is 204. The summed E-state index contributed by atoms with van der Waals surface area (Å²) in [7, 11) is 0. The normalized spacial score (nSPS) is 13.8. The van der Waals surface area contributed by atoms with Gasteiger partial charge in [0.25, 0.3) is 0 Å². The fourth-order valence-electron chi connectivity index (χ4n) is 0.868. The summed E-state index contributed by atoms with van der Waals surface area (Å²) in [5.41, 5.74) is -0.686. The van der Waals surface area contributed by atoms with Crippen molar-refractivity contribution >= 4 is 6.09 Å². The maximum Gasteiger partial charge on any atom is 0.407 e. The van der Waals surface area contributed by atoms with E-state index in [1.54, 1.807) is 20.8 Å². The number of halogens is 2. The summed E-state index contributed by atoms with van der Waals surface area (Å²) >= 11 is 0. The molecule has 0 rings (SSSR count). The summed E-state index contributed by atoms with van der Waals surface area (Å²) in [4.78, 5) is 11.1. The molecule has 0 heterocycles. The molecule has 1 amide bonds. The Labute approximate surface area is 87.6 Å². The zero-order valence-corrected chi connectivity index (χ0v) is 9.09. The van der Waals surface area contributed by atoms with Crippen LogP contribution in [0, 0.1) is 0 Å². The summed E-state index contributed by atoms with van der Waals surface area (Å²) in [6.07, 6.45) is -3.96. The van der Waals surface area contributed by atoms with E-state index in [-0.39, 0.29) is 0 Å². The number of alkyl carbamates (subject to hydrolysis) is 1. The van der Waals surface area contributed by atoms with E-state index in [1.807, 2.05) is 0 Å². The predicted molar refractivity (Wildman–Crippen MR) is 50.9 cm³/mol. The second kappa shape index (κ2) is 5.85. The van der Waals surface area contributed by atoms with Crippen molar-refractivity contribution in [2.45, 2.75) is 45.3 Å². The van der Waals surface area contributed by atoms with Crippen molar-refractivity contribution in [1.29, 1.82) is 0 Å². The number of rotatable bonds is 4. The Kier molecular flexibility index (Phi) is 5.49. The quantitative estimate of drug-likeness (QED) is 0.762. The Morgan fingerprint density at radius 3 is 2.33 bits per heavy atom. The lowest BCUT2D eigenvalue weighted by Gasteiger charge is -2.22. The van der Waals surface area contributed by atoms with E-state index >= 15 is 0 Å². The summed E-state index contributed by atoms with van der Waals surface area (Å²) in [6, 6.07) is -0.972. The van der Waals surface area contributed by atoms with Crippen LogP contribution in [0.4, 0.5) is 13.6 Å². The second-order valence-corrected chi connectivity index (χ2v) is 4.15. The summed E-state index contributed by atoms with van der Waals surface area (Å²) in [6.45, 7) is 4.44. The van der Waals surface area contributed by atoms with E-state index in [4.69, 9.17) is 9.84 Å². The minimum Gasteiger partial charge on any atom is -0.444 e. The van der Waals surface area contributed by atoms with Gasteiger partial charge < -0.3 is 15.2 Å². The first kappa shape index (κ1) is 14.1. The van der Waals surface area contributed by atoms with Crippen molar-refractivity contribution in [3.8, 4) is 0 Å². The Morgan fingerprint density at radius 1 is 1.47 bits per heavy atom. The third kappa shape index (κ3) is 8.11. The van der Waals surface area contributed by atoms with Gasteiger partial charge in [-0.3, -0.25) is 0 Å². The highest BCUT2D eigenvalue weighted by Gasteiger charge is 2.21. The maximum atomic E-state index is 12.0. The zero-order chi connectivity index (χ0) is 12.1. The molecule has 0 radical (unpaired) electrons. The van der Waals surface area contributed by atoms with Crippen LogP contribution in [0.3, 0.4) is 0 Å². The number of nitrogens with one attached hydrogen (secondary N) is 1. The van der Waals surface area contributed by atoms with Crippen LogP contribution >= 0.6 is 0 Å². The van der Waals surface area contributed by atoms with Crippen LogP contribution in [0.1, 0.15) is 27.2 Å². The molecule has 4 nitrogen and oxygen atoms in total. The minimum absolute atomic E-state index is 0.538. The molecule has 0 bridgehead atoms. The minimum atomic E-state index is -2.57. The molecule has 0 aliphatic heterocycles. The van der Waals surface area contributed by atoms with Gasteiger partial charge >= 0.3 is 6.09 Å². The van der Waals surface area contributed by atoms with Crippen molar-refractivity contribution in [3.63, 3.8) is 0 Å². The van der Waals surface area contributed by atoms with Crippen molar-refractivity contribution in [2.24, 2.45) is 0 Å². The van der Waals surface area contributed by atoms with Crippen molar-refractivity contribution < 1.29 is 23.4 Å². The fraction of sp³-hybridized carbons (Fsp3) is 0.889. The van der Waals surface area contributed by atoms with Gasteiger partial charge in [-0.25, -0.2) is 13.6 Å². The summed E-state index contributed by atoms with van der Waals surface area (Å²) in [5, 5.41) is 10.9. The first-order valence-electron chi connectivity index (χ1n) is 4.63. The smallest absolute Gasteiger partial charge is 0.407 e. The average Bonchev–Trinajstić information content (AvgIpc) is 1.98. The van der Waals surface area contributed by atoms with E-state index in [0.29, 0.717) is 0 Å². The van der Waals surface area contributed by atoms with E-state index in [2.05, 4.69) is 5.32 Å². The van der Waals surface area contributed by atoms with Crippen LogP contribution in [0.5, 0.6) is 0 Å². The molecule has 0 aromatic rings. The van der Waals surface area contributed by atoms with Gasteiger partial charge in [0, 0.05) is 6.42 Å². The number of aliphatic hydroxyl groups is 1. The van der Waals surface area contributed by atoms with E-state index in [9.17, 15) is 13.6 Å². The Morgan fingerprint density at radius 2 is 2.00 bits per heavy atom. The van der Waals surface area contributed by atoms with Crippen LogP contribution in [0.2, 0.25) is 0 Å². The van der Waals surface area contributed by atoms with Crippen molar-refractivity contribution in [2.75, 3.05) is 6.61 Å². The lowest BCUT2D eigenvalue weighted by molar-refractivity contribution is 0.0434. The molecule has 0 aromatic carbocycles. The van der Waals surface area contributed by atoms with Gasteiger partial charge in [-0.2, -0.15) is 0 Å². The van der Waals surface area contributed by atoms with Crippen LogP contribution in [-0.2, 0) is 4.74 Å². The molecule has 0 aliphatic carbocycles. The van der Waals surface area contributed by atoms with Crippen molar-refractivity contribution in [1.82, 2.24) is 5.32 Å². The molecule has 0 aromatic heterocycles. The number of carbonyl (C=O) groups excluding carboxylic acids is 1. The van der Waals surface area contributed by atoms with Gasteiger partial charge in [-0.05, 0) is 20.8 Å². The predicted octanol–water partition coefficient (Wildman–Crippen LogP) is 1.53. The molecule has 0 unspecified atom stereocenters. The van der Waals surface area contributed by atoms with E-state index < -0.39 is 37.2 Å². The first-order chi connectivity index (χ1) is 6.74. The number of hydrogen-bond donors (Lipinski definition) is 2. The zero-order valence-electron chi connectivity index (χ0n) is 9.09. The molecule has 6 heteroatoms. The molecule has 0 aliphatic rings. The molecule has 0 spiro atoms. The second-order valence-electron chi connectivity index (χ2n) is 4.15. The monoisotopic (exact) mass is 225 g/mol. The highest BCUT2D eigenvalue weighted by Crippen LogP contribution is 2.08. The van der Waals surface area contributed by atoms with Crippen LogP contribution in [-0.4, -0.2) is 35.9 Å². The molecule has 0 saturated carbocycles. The lowest BCUT2D eigenvalue weighted by Crippen LogP contribution is -2.41. The highest BCUT2D eigenvalue weighted by molar-refractivity contribution is 5.68. The van der Waals surface area contributed by atoms with Gasteiger partial charge in [0.2, 0.25) is 6.43 Å². The first-order valence-corrected chi connectivity index (χ1v) is 4.63. The molecule has 0 saturated heterocycles. The lowest BCUT2D eigenvalue weighted by atomic mass is 10.2. The highest BCUT2D eigenvalue weighted by atomic mass is 19.3. The molecule has 90 valence electrons. The molecular formula is C9H17F2NO3. The topological polar surface area (TPSA) is 58.6 Å². The average molecular weight is 225 g/mol. The van der Waals surface area contributed by atoms with Gasteiger partial charge in [0.05, 0.1) is 12.6 Å².